The number of carbonyl (C=O) groups excluding carboxylic acids is 2. The second-order valence-corrected chi connectivity index (χ2v) is 4.93. The number of carbonyl (C=O) groups is 2. The van der Waals surface area contributed by atoms with Gasteiger partial charge in [0.1, 0.15) is 0 Å². The molecule has 1 aromatic carbocycles. The van der Waals surface area contributed by atoms with Crippen molar-refractivity contribution in [1.82, 2.24) is 5.32 Å². The van der Waals surface area contributed by atoms with Gasteiger partial charge < -0.3 is 15.4 Å². The third-order valence-corrected chi connectivity index (χ3v) is 3.46. The molecule has 5 nitrogen and oxygen atoms in total. The van der Waals surface area contributed by atoms with Gasteiger partial charge in [0, 0.05) is 31.6 Å². The molecular formula is C15H20N2O3. The van der Waals surface area contributed by atoms with Crippen LogP contribution in [0.5, 0.6) is 0 Å². The number of nitrogens with one attached hydrogen (secondary N) is 2. The number of benzene rings is 1. The average Bonchev–Trinajstić information content (AvgIpc) is 2.88. The molecule has 1 fully saturated rings. The minimum atomic E-state index is -0.145. The van der Waals surface area contributed by atoms with Crippen LogP contribution in [0, 0.1) is 5.92 Å². The Labute approximate surface area is 118 Å². The van der Waals surface area contributed by atoms with Crippen LogP contribution in [0.1, 0.15) is 25.3 Å². The summed E-state index contributed by atoms with van der Waals surface area (Å²) in [5.74, 6) is -0.250. The Morgan fingerprint density at radius 1 is 1.30 bits per heavy atom. The van der Waals surface area contributed by atoms with E-state index < -0.39 is 0 Å². The van der Waals surface area contributed by atoms with E-state index in [9.17, 15) is 9.59 Å². The summed E-state index contributed by atoms with van der Waals surface area (Å²) >= 11 is 0. The van der Waals surface area contributed by atoms with E-state index >= 15 is 0 Å². The Hall–Kier alpha value is -1.88. The summed E-state index contributed by atoms with van der Waals surface area (Å²) in [6.45, 7) is 5.12. The summed E-state index contributed by atoms with van der Waals surface area (Å²) in [6.07, 6.45) is 0. The molecule has 0 aromatic heterocycles. The van der Waals surface area contributed by atoms with Crippen LogP contribution in [-0.2, 0) is 14.3 Å². The van der Waals surface area contributed by atoms with Crippen LogP contribution in [0.2, 0.25) is 0 Å². The highest BCUT2D eigenvalue weighted by Gasteiger charge is 2.34. The molecule has 2 atom stereocenters. The second-order valence-electron chi connectivity index (χ2n) is 4.93. The van der Waals surface area contributed by atoms with E-state index in [0.29, 0.717) is 13.2 Å². The highest BCUT2D eigenvalue weighted by molar-refractivity contribution is 5.88. The Bertz CT molecular complexity index is 484. The lowest BCUT2D eigenvalue weighted by Crippen LogP contribution is -2.24. The van der Waals surface area contributed by atoms with Gasteiger partial charge in [-0.3, -0.25) is 9.59 Å². The Balaban J connectivity index is 2.09. The normalized spacial score (nSPS) is 21.5. The molecule has 1 saturated heterocycles. The number of hydrogen-bond acceptors (Lipinski definition) is 4. The Kier molecular flexibility index (Phi) is 4.74. The lowest BCUT2D eigenvalue weighted by molar-refractivity contribution is -0.147. The van der Waals surface area contributed by atoms with E-state index in [2.05, 4.69) is 10.6 Å². The maximum Gasteiger partial charge on any atom is 0.310 e. The largest absolute Gasteiger partial charge is 0.466 e. The molecule has 1 aliphatic heterocycles. The fourth-order valence-corrected chi connectivity index (χ4v) is 2.54. The van der Waals surface area contributed by atoms with Crippen LogP contribution in [0.4, 0.5) is 5.69 Å². The van der Waals surface area contributed by atoms with Gasteiger partial charge in [-0.15, -0.1) is 0 Å². The number of esters is 1. The molecule has 2 unspecified atom stereocenters. The smallest absolute Gasteiger partial charge is 0.310 e. The van der Waals surface area contributed by atoms with Crippen molar-refractivity contribution in [3.63, 3.8) is 0 Å². The summed E-state index contributed by atoms with van der Waals surface area (Å²) in [6, 6.07) is 7.62. The van der Waals surface area contributed by atoms with Gasteiger partial charge in [0.2, 0.25) is 5.91 Å². The van der Waals surface area contributed by atoms with E-state index in [0.717, 1.165) is 17.8 Å². The molecule has 1 aliphatic rings. The number of hydrogen-bond donors (Lipinski definition) is 2. The molecule has 2 rings (SSSR count). The molecule has 1 heterocycles. The maximum atomic E-state index is 11.9. The van der Waals surface area contributed by atoms with Gasteiger partial charge in [-0.1, -0.05) is 12.1 Å². The summed E-state index contributed by atoms with van der Waals surface area (Å²) in [5, 5.41) is 5.97. The SMILES string of the molecule is CCOC(=O)C1CNCC1c1ccc(NC(C)=O)cc1. The molecular weight excluding hydrogens is 256 g/mol. The minimum absolute atomic E-state index is 0.0929. The highest BCUT2D eigenvalue weighted by Crippen LogP contribution is 2.29. The Morgan fingerprint density at radius 2 is 2.00 bits per heavy atom. The van der Waals surface area contributed by atoms with Gasteiger partial charge in [-0.05, 0) is 24.6 Å². The molecule has 2 N–H and O–H groups in total. The molecule has 0 saturated carbocycles. The topological polar surface area (TPSA) is 67.4 Å². The van der Waals surface area contributed by atoms with Crippen LogP contribution in [-0.4, -0.2) is 31.6 Å². The number of amides is 1. The van der Waals surface area contributed by atoms with Crippen molar-refractivity contribution in [3.8, 4) is 0 Å². The number of rotatable bonds is 4. The van der Waals surface area contributed by atoms with Gasteiger partial charge >= 0.3 is 5.97 Å². The minimum Gasteiger partial charge on any atom is -0.466 e. The predicted molar refractivity (Wildman–Crippen MR) is 76.5 cm³/mol. The molecule has 0 spiro atoms. The molecule has 0 bridgehead atoms. The van der Waals surface area contributed by atoms with E-state index in [1.165, 1.54) is 6.92 Å². The molecule has 108 valence electrons. The quantitative estimate of drug-likeness (QED) is 0.818. The lowest BCUT2D eigenvalue weighted by atomic mass is 9.89. The third-order valence-electron chi connectivity index (χ3n) is 3.46. The first kappa shape index (κ1) is 14.5. The zero-order valence-corrected chi connectivity index (χ0v) is 11.8. The van der Waals surface area contributed by atoms with E-state index in [1.807, 2.05) is 31.2 Å². The van der Waals surface area contributed by atoms with Crippen molar-refractivity contribution in [3.05, 3.63) is 29.8 Å². The van der Waals surface area contributed by atoms with Crippen molar-refractivity contribution in [2.45, 2.75) is 19.8 Å². The molecule has 1 amide bonds. The van der Waals surface area contributed by atoms with Gasteiger partial charge in [-0.2, -0.15) is 0 Å². The van der Waals surface area contributed by atoms with Gasteiger partial charge in [-0.25, -0.2) is 0 Å². The molecule has 0 aliphatic carbocycles. The van der Waals surface area contributed by atoms with Gasteiger partial charge in [0.25, 0.3) is 0 Å². The van der Waals surface area contributed by atoms with Crippen LogP contribution < -0.4 is 10.6 Å². The lowest BCUT2D eigenvalue weighted by Gasteiger charge is -2.17. The summed E-state index contributed by atoms with van der Waals surface area (Å²) in [7, 11) is 0. The van der Waals surface area contributed by atoms with E-state index in [4.69, 9.17) is 4.74 Å². The fraction of sp³-hybridized carbons (Fsp3) is 0.467. The monoisotopic (exact) mass is 276 g/mol. The predicted octanol–water partition coefficient (Wildman–Crippen LogP) is 1.51. The van der Waals surface area contributed by atoms with Gasteiger partial charge in [0.15, 0.2) is 0 Å². The first-order chi connectivity index (χ1) is 9.61. The summed E-state index contributed by atoms with van der Waals surface area (Å²) in [4.78, 5) is 22.9. The van der Waals surface area contributed by atoms with Crippen LogP contribution in [0.25, 0.3) is 0 Å². The van der Waals surface area contributed by atoms with Crippen LogP contribution in [0.15, 0.2) is 24.3 Å². The second kappa shape index (κ2) is 6.52. The zero-order valence-electron chi connectivity index (χ0n) is 11.8. The van der Waals surface area contributed by atoms with Crippen LogP contribution in [0.3, 0.4) is 0 Å². The highest BCUT2D eigenvalue weighted by atomic mass is 16.5. The first-order valence-electron chi connectivity index (χ1n) is 6.86. The fourth-order valence-electron chi connectivity index (χ4n) is 2.54. The van der Waals surface area contributed by atoms with Crippen molar-refractivity contribution >= 4 is 17.6 Å². The van der Waals surface area contributed by atoms with Crippen molar-refractivity contribution < 1.29 is 14.3 Å². The first-order valence-corrected chi connectivity index (χ1v) is 6.86. The maximum absolute atomic E-state index is 11.9. The molecule has 0 radical (unpaired) electrons. The zero-order chi connectivity index (χ0) is 14.5. The van der Waals surface area contributed by atoms with Crippen LogP contribution >= 0.6 is 0 Å². The van der Waals surface area contributed by atoms with Gasteiger partial charge in [0.05, 0.1) is 12.5 Å². The Morgan fingerprint density at radius 3 is 2.60 bits per heavy atom. The number of anilines is 1. The van der Waals surface area contributed by atoms with Crippen molar-refractivity contribution in [2.24, 2.45) is 5.92 Å². The molecule has 20 heavy (non-hydrogen) atoms. The molecule has 5 heteroatoms. The van der Waals surface area contributed by atoms with Crippen molar-refractivity contribution in [1.29, 1.82) is 0 Å². The van der Waals surface area contributed by atoms with E-state index in [1.54, 1.807) is 0 Å². The number of ether oxygens (including phenoxy) is 1. The summed E-state index contributed by atoms with van der Waals surface area (Å²) < 4.78 is 5.12. The van der Waals surface area contributed by atoms with Crippen molar-refractivity contribution in [2.75, 3.05) is 25.0 Å². The third kappa shape index (κ3) is 3.36. The summed E-state index contributed by atoms with van der Waals surface area (Å²) in [5.41, 5.74) is 1.85. The molecule has 1 aromatic rings. The van der Waals surface area contributed by atoms with E-state index in [-0.39, 0.29) is 23.7 Å². The standard InChI is InChI=1S/C15H20N2O3/c1-3-20-15(19)14-9-16-8-13(14)11-4-6-12(7-5-11)17-10(2)18/h4-7,13-14,16H,3,8-9H2,1-2H3,(H,17,18). The average molecular weight is 276 g/mol.